The van der Waals surface area contributed by atoms with Gasteiger partial charge in [0, 0.05) is 13.0 Å². The van der Waals surface area contributed by atoms with Crippen molar-refractivity contribution >= 4 is 5.91 Å². The van der Waals surface area contributed by atoms with Gasteiger partial charge in [0.25, 0.3) is 0 Å². The number of phenolic OH excluding ortho intramolecular Hbond substituents is 1. The van der Waals surface area contributed by atoms with Crippen LogP contribution in [0.5, 0.6) is 11.5 Å². The van der Waals surface area contributed by atoms with Crippen molar-refractivity contribution in [3.8, 4) is 11.5 Å². The summed E-state index contributed by atoms with van der Waals surface area (Å²) in [5.74, 6) is 0.576. The summed E-state index contributed by atoms with van der Waals surface area (Å²) in [5, 5.41) is 22.4. The summed E-state index contributed by atoms with van der Waals surface area (Å²) in [5.41, 5.74) is 0.903. The van der Waals surface area contributed by atoms with Gasteiger partial charge < -0.3 is 20.3 Å². The molecule has 0 saturated heterocycles. The zero-order chi connectivity index (χ0) is 22.7. The van der Waals surface area contributed by atoms with E-state index in [0.29, 0.717) is 18.7 Å². The molecule has 1 rings (SSSR count). The molecule has 0 spiro atoms. The van der Waals surface area contributed by atoms with Crippen molar-refractivity contribution in [2.75, 3.05) is 7.11 Å². The van der Waals surface area contributed by atoms with Crippen LogP contribution in [-0.2, 0) is 11.3 Å². The fourth-order valence-electron chi connectivity index (χ4n) is 3.49. The van der Waals surface area contributed by atoms with Gasteiger partial charge in [-0.25, -0.2) is 0 Å². The van der Waals surface area contributed by atoms with E-state index < -0.39 is 0 Å². The first-order chi connectivity index (χ1) is 15.1. The third-order valence-electron chi connectivity index (χ3n) is 5.47. The Morgan fingerprint density at radius 2 is 1.81 bits per heavy atom. The molecule has 1 unspecified atom stereocenters. The molecule has 0 radical (unpaired) electrons. The van der Waals surface area contributed by atoms with E-state index in [9.17, 15) is 15.0 Å². The smallest absolute Gasteiger partial charge is 0.220 e. The van der Waals surface area contributed by atoms with Gasteiger partial charge >= 0.3 is 0 Å². The number of ether oxygens (including phenoxy) is 1. The van der Waals surface area contributed by atoms with Crippen molar-refractivity contribution in [1.29, 1.82) is 0 Å². The molecule has 31 heavy (non-hydrogen) atoms. The van der Waals surface area contributed by atoms with Gasteiger partial charge in [-0.05, 0) is 49.8 Å². The van der Waals surface area contributed by atoms with Gasteiger partial charge in [-0.1, -0.05) is 70.1 Å². The summed E-state index contributed by atoms with van der Waals surface area (Å²) in [6.45, 7) is 2.64. The molecule has 0 fully saturated rings. The number of benzene rings is 1. The van der Waals surface area contributed by atoms with E-state index >= 15 is 0 Å². The van der Waals surface area contributed by atoms with E-state index in [1.54, 1.807) is 18.2 Å². The fourth-order valence-corrected chi connectivity index (χ4v) is 3.49. The molecule has 5 nitrogen and oxygen atoms in total. The predicted molar refractivity (Wildman–Crippen MR) is 127 cm³/mol. The SMILES string of the molecule is CCCCCCC(O)C/C=C\CCCCCCCC(=O)NCc1ccc(O)c(OC)c1. The maximum Gasteiger partial charge on any atom is 0.220 e. The normalized spacial score (nSPS) is 12.2. The Kier molecular flexibility index (Phi) is 15.4. The number of carbonyl (C=O) groups excluding carboxylic acids is 1. The molecule has 0 aliphatic carbocycles. The number of carbonyl (C=O) groups is 1. The number of phenols is 1. The fraction of sp³-hybridized carbons (Fsp3) is 0.654. The number of methoxy groups -OCH3 is 1. The average Bonchev–Trinajstić information content (AvgIpc) is 2.77. The van der Waals surface area contributed by atoms with Gasteiger partial charge in [0.15, 0.2) is 11.5 Å². The summed E-state index contributed by atoms with van der Waals surface area (Å²) in [6.07, 6.45) is 17.8. The summed E-state index contributed by atoms with van der Waals surface area (Å²) in [7, 11) is 1.51. The van der Waals surface area contributed by atoms with E-state index in [1.165, 1.54) is 32.8 Å². The lowest BCUT2D eigenvalue weighted by Crippen LogP contribution is -2.22. The quantitative estimate of drug-likeness (QED) is 0.195. The number of aliphatic hydroxyl groups is 1. The minimum Gasteiger partial charge on any atom is -0.504 e. The number of amides is 1. The lowest BCUT2D eigenvalue weighted by atomic mass is 10.1. The second-order valence-corrected chi connectivity index (χ2v) is 8.30. The molecule has 5 heteroatoms. The van der Waals surface area contributed by atoms with Crippen molar-refractivity contribution in [2.45, 2.75) is 103 Å². The monoisotopic (exact) mass is 433 g/mol. The minimum atomic E-state index is -0.185. The van der Waals surface area contributed by atoms with Crippen molar-refractivity contribution < 1.29 is 19.7 Å². The Bertz CT molecular complexity index is 630. The maximum absolute atomic E-state index is 12.0. The van der Waals surface area contributed by atoms with E-state index in [2.05, 4.69) is 24.4 Å². The topological polar surface area (TPSA) is 78.8 Å². The van der Waals surface area contributed by atoms with E-state index in [4.69, 9.17) is 4.74 Å². The number of nitrogens with one attached hydrogen (secondary N) is 1. The highest BCUT2D eigenvalue weighted by molar-refractivity contribution is 5.75. The van der Waals surface area contributed by atoms with Gasteiger partial charge in [-0.15, -0.1) is 0 Å². The van der Waals surface area contributed by atoms with Crippen LogP contribution in [-0.4, -0.2) is 29.3 Å². The van der Waals surface area contributed by atoms with Crippen LogP contribution in [0.3, 0.4) is 0 Å². The Morgan fingerprint density at radius 3 is 2.58 bits per heavy atom. The van der Waals surface area contributed by atoms with Crippen LogP contribution in [0, 0.1) is 0 Å². The number of rotatable bonds is 18. The van der Waals surface area contributed by atoms with Gasteiger partial charge in [0.1, 0.15) is 0 Å². The molecule has 1 aromatic rings. The Balaban J connectivity index is 1.97. The summed E-state index contributed by atoms with van der Waals surface area (Å²) < 4.78 is 5.08. The van der Waals surface area contributed by atoms with Crippen molar-refractivity contribution in [3.05, 3.63) is 35.9 Å². The third-order valence-corrected chi connectivity index (χ3v) is 5.47. The second-order valence-electron chi connectivity index (χ2n) is 8.30. The molecule has 176 valence electrons. The number of aliphatic hydroxyl groups excluding tert-OH is 1. The molecule has 0 aliphatic rings. The lowest BCUT2D eigenvalue weighted by Gasteiger charge is -2.08. The van der Waals surface area contributed by atoms with Gasteiger partial charge in [-0.2, -0.15) is 0 Å². The maximum atomic E-state index is 12.0. The van der Waals surface area contributed by atoms with Gasteiger partial charge in [-0.3, -0.25) is 4.79 Å². The molecule has 0 aromatic heterocycles. The number of allylic oxidation sites excluding steroid dienone is 1. The number of aromatic hydroxyl groups is 1. The Morgan fingerprint density at radius 1 is 1.06 bits per heavy atom. The molecule has 0 bridgehead atoms. The first-order valence-electron chi connectivity index (χ1n) is 12.0. The van der Waals surface area contributed by atoms with Gasteiger partial charge in [0.2, 0.25) is 5.91 Å². The Labute approximate surface area is 188 Å². The zero-order valence-corrected chi connectivity index (χ0v) is 19.6. The summed E-state index contributed by atoms with van der Waals surface area (Å²) >= 11 is 0. The highest BCUT2D eigenvalue weighted by Crippen LogP contribution is 2.26. The zero-order valence-electron chi connectivity index (χ0n) is 19.6. The standard InChI is InChI=1S/C26H43NO4/c1-3-4-5-12-15-23(28)16-13-10-8-6-7-9-11-14-17-26(30)27-21-22-18-19-24(29)25(20-22)31-2/h10,13,18-20,23,28-29H,3-9,11-12,14-17,21H2,1-2H3,(H,27,30)/b13-10-. The first kappa shape index (κ1) is 27.0. The number of hydrogen-bond donors (Lipinski definition) is 3. The molecule has 0 heterocycles. The van der Waals surface area contributed by atoms with Crippen molar-refractivity contribution in [3.63, 3.8) is 0 Å². The molecular formula is C26H43NO4. The van der Waals surface area contributed by atoms with Crippen molar-refractivity contribution in [1.82, 2.24) is 5.32 Å². The minimum absolute atomic E-state index is 0.0585. The molecule has 1 amide bonds. The third kappa shape index (κ3) is 13.8. The molecule has 1 atom stereocenters. The van der Waals surface area contributed by atoms with Crippen LogP contribution >= 0.6 is 0 Å². The van der Waals surface area contributed by atoms with E-state index in [-0.39, 0.29) is 17.8 Å². The first-order valence-corrected chi connectivity index (χ1v) is 12.0. The average molecular weight is 434 g/mol. The van der Waals surface area contributed by atoms with Crippen LogP contribution in [0.15, 0.2) is 30.4 Å². The highest BCUT2D eigenvalue weighted by Gasteiger charge is 2.05. The summed E-state index contributed by atoms with van der Waals surface area (Å²) in [6, 6.07) is 5.09. The lowest BCUT2D eigenvalue weighted by molar-refractivity contribution is -0.121. The van der Waals surface area contributed by atoms with E-state index in [0.717, 1.165) is 56.9 Å². The number of hydrogen-bond acceptors (Lipinski definition) is 4. The van der Waals surface area contributed by atoms with Gasteiger partial charge in [0.05, 0.1) is 13.2 Å². The Hall–Kier alpha value is -2.01. The summed E-state index contributed by atoms with van der Waals surface area (Å²) in [4.78, 5) is 12.0. The predicted octanol–water partition coefficient (Wildman–Crippen LogP) is 6.03. The van der Waals surface area contributed by atoms with Crippen molar-refractivity contribution in [2.24, 2.45) is 0 Å². The van der Waals surface area contributed by atoms with Crippen LogP contribution in [0.1, 0.15) is 96.0 Å². The van der Waals surface area contributed by atoms with Crippen LogP contribution in [0.2, 0.25) is 0 Å². The van der Waals surface area contributed by atoms with E-state index in [1.807, 2.05) is 0 Å². The molecular weight excluding hydrogens is 390 g/mol. The molecule has 3 N–H and O–H groups in total. The number of unbranched alkanes of at least 4 members (excludes halogenated alkanes) is 8. The largest absolute Gasteiger partial charge is 0.504 e. The van der Waals surface area contributed by atoms with Crippen LogP contribution in [0.4, 0.5) is 0 Å². The van der Waals surface area contributed by atoms with Crippen LogP contribution < -0.4 is 10.1 Å². The molecule has 0 aliphatic heterocycles. The highest BCUT2D eigenvalue weighted by atomic mass is 16.5. The molecule has 1 aromatic carbocycles. The van der Waals surface area contributed by atoms with Crippen LogP contribution in [0.25, 0.3) is 0 Å². The molecule has 0 saturated carbocycles. The second kappa shape index (κ2) is 17.6.